The standard InChI is InChI=1S/C16H11NO3S/c18-16(19)10-5-6-11-12(7-10)20-15(17-11)14-8-9-3-1-2-4-13(9)21-14/h1-7,14H,8H2,(H,18,19). The van der Waals surface area contributed by atoms with Crippen molar-refractivity contribution in [2.75, 3.05) is 0 Å². The fraction of sp³-hybridized carbons (Fsp3) is 0.125. The Hall–Kier alpha value is -2.27. The molecule has 1 aliphatic heterocycles. The molecule has 5 heteroatoms. The number of carbonyl (C=O) groups is 1. The fourth-order valence-electron chi connectivity index (χ4n) is 2.53. The molecule has 0 fully saturated rings. The van der Waals surface area contributed by atoms with Gasteiger partial charge >= 0.3 is 5.97 Å². The highest BCUT2D eigenvalue weighted by atomic mass is 32.2. The molecule has 1 aliphatic rings. The molecular formula is C16H11NO3S. The second kappa shape index (κ2) is 4.63. The van der Waals surface area contributed by atoms with Gasteiger partial charge in [-0.25, -0.2) is 9.78 Å². The average molecular weight is 297 g/mol. The van der Waals surface area contributed by atoms with Crippen molar-refractivity contribution in [1.29, 1.82) is 0 Å². The lowest BCUT2D eigenvalue weighted by atomic mass is 10.1. The third kappa shape index (κ3) is 2.10. The van der Waals surface area contributed by atoms with Crippen molar-refractivity contribution < 1.29 is 14.3 Å². The predicted octanol–water partition coefficient (Wildman–Crippen LogP) is 3.92. The van der Waals surface area contributed by atoms with Crippen LogP contribution in [0.1, 0.15) is 27.1 Å². The van der Waals surface area contributed by atoms with Crippen LogP contribution in [0.2, 0.25) is 0 Å². The first-order valence-corrected chi connectivity index (χ1v) is 7.47. The molecule has 1 atom stereocenters. The van der Waals surface area contributed by atoms with Crippen molar-refractivity contribution in [1.82, 2.24) is 4.98 Å². The van der Waals surface area contributed by atoms with Gasteiger partial charge in [0, 0.05) is 4.90 Å². The summed E-state index contributed by atoms with van der Waals surface area (Å²) in [6, 6.07) is 13.1. The highest BCUT2D eigenvalue weighted by Crippen LogP contribution is 2.46. The summed E-state index contributed by atoms with van der Waals surface area (Å²) in [7, 11) is 0. The van der Waals surface area contributed by atoms with E-state index in [1.165, 1.54) is 16.5 Å². The van der Waals surface area contributed by atoms with Crippen molar-refractivity contribution in [2.45, 2.75) is 16.6 Å². The number of aromatic nitrogens is 1. The third-order valence-corrected chi connectivity index (χ3v) is 4.88. The highest BCUT2D eigenvalue weighted by Gasteiger charge is 2.27. The average Bonchev–Trinajstić information content (AvgIpc) is 3.09. The highest BCUT2D eigenvalue weighted by molar-refractivity contribution is 7.99. The minimum Gasteiger partial charge on any atom is -0.478 e. The zero-order chi connectivity index (χ0) is 14.4. The zero-order valence-corrected chi connectivity index (χ0v) is 11.8. The van der Waals surface area contributed by atoms with Gasteiger partial charge in [-0.2, -0.15) is 0 Å². The van der Waals surface area contributed by atoms with Gasteiger partial charge in [0.25, 0.3) is 0 Å². The summed E-state index contributed by atoms with van der Waals surface area (Å²) in [6.45, 7) is 0. The number of nitrogens with zero attached hydrogens (tertiary/aromatic N) is 1. The number of oxazole rings is 1. The Bertz CT molecular complexity index is 831. The van der Waals surface area contributed by atoms with Crippen LogP contribution >= 0.6 is 11.8 Å². The Morgan fingerprint density at radius 3 is 2.95 bits per heavy atom. The molecule has 0 amide bonds. The maximum Gasteiger partial charge on any atom is 0.335 e. The lowest BCUT2D eigenvalue weighted by Gasteiger charge is -2.01. The van der Waals surface area contributed by atoms with Gasteiger partial charge in [-0.3, -0.25) is 0 Å². The second-order valence-corrected chi connectivity index (χ2v) is 6.20. The van der Waals surface area contributed by atoms with E-state index in [1.54, 1.807) is 23.9 Å². The lowest BCUT2D eigenvalue weighted by Crippen LogP contribution is -1.94. The quantitative estimate of drug-likeness (QED) is 0.776. The van der Waals surface area contributed by atoms with Crippen LogP contribution in [0.5, 0.6) is 0 Å². The van der Waals surface area contributed by atoms with E-state index in [4.69, 9.17) is 9.52 Å². The van der Waals surface area contributed by atoms with Gasteiger partial charge in [0.15, 0.2) is 5.58 Å². The summed E-state index contributed by atoms with van der Waals surface area (Å²) in [5.74, 6) is -0.300. The first-order chi connectivity index (χ1) is 10.2. The maximum absolute atomic E-state index is 11.0. The van der Waals surface area contributed by atoms with Crippen LogP contribution in [0.25, 0.3) is 11.1 Å². The molecule has 21 heavy (non-hydrogen) atoms. The lowest BCUT2D eigenvalue weighted by molar-refractivity contribution is 0.0697. The minimum absolute atomic E-state index is 0.156. The number of benzene rings is 2. The van der Waals surface area contributed by atoms with Gasteiger partial charge in [-0.05, 0) is 36.2 Å². The molecular weight excluding hydrogens is 286 g/mol. The summed E-state index contributed by atoms with van der Waals surface area (Å²) < 4.78 is 5.78. The first-order valence-electron chi connectivity index (χ1n) is 6.59. The van der Waals surface area contributed by atoms with Crippen molar-refractivity contribution in [3.8, 4) is 0 Å². The summed E-state index contributed by atoms with van der Waals surface area (Å²) in [4.78, 5) is 16.7. The largest absolute Gasteiger partial charge is 0.478 e. The molecule has 0 saturated heterocycles. The molecule has 0 radical (unpaired) electrons. The van der Waals surface area contributed by atoms with E-state index in [9.17, 15) is 4.79 Å². The summed E-state index contributed by atoms with van der Waals surface area (Å²) in [5, 5.41) is 9.17. The van der Waals surface area contributed by atoms with Crippen LogP contribution in [0.15, 0.2) is 51.8 Å². The molecule has 0 spiro atoms. The second-order valence-electron chi connectivity index (χ2n) is 4.96. The van der Waals surface area contributed by atoms with E-state index < -0.39 is 5.97 Å². The number of aromatic carboxylic acids is 1. The number of hydrogen-bond acceptors (Lipinski definition) is 4. The van der Waals surface area contributed by atoms with Crippen molar-refractivity contribution >= 4 is 28.8 Å². The van der Waals surface area contributed by atoms with Gasteiger partial charge in [-0.1, -0.05) is 18.2 Å². The number of fused-ring (bicyclic) bond motifs is 2. The van der Waals surface area contributed by atoms with E-state index in [-0.39, 0.29) is 10.8 Å². The SMILES string of the molecule is O=C(O)c1ccc2nc(C3Cc4ccccc4S3)oc2c1. The van der Waals surface area contributed by atoms with Gasteiger partial charge in [0.1, 0.15) is 5.52 Å². The Labute approximate surface area is 124 Å². The van der Waals surface area contributed by atoms with Crippen LogP contribution in [-0.2, 0) is 6.42 Å². The summed E-state index contributed by atoms with van der Waals surface area (Å²) >= 11 is 1.74. The van der Waals surface area contributed by atoms with Gasteiger partial charge in [0.05, 0.1) is 10.8 Å². The van der Waals surface area contributed by atoms with E-state index in [0.29, 0.717) is 17.0 Å². The van der Waals surface area contributed by atoms with Crippen LogP contribution in [0.4, 0.5) is 0 Å². The van der Waals surface area contributed by atoms with Crippen LogP contribution < -0.4 is 0 Å². The fourth-order valence-corrected chi connectivity index (χ4v) is 3.76. The zero-order valence-electron chi connectivity index (χ0n) is 10.9. The van der Waals surface area contributed by atoms with E-state index in [0.717, 1.165) is 6.42 Å². The molecule has 0 saturated carbocycles. The number of carboxylic acid groups (broad SMARTS) is 1. The molecule has 1 unspecified atom stereocenters. The number of hydrogen-bond donors (Lipinski definition) is 1. The first kappa shape index (κ1) is 12.5. The number of thioether (sulfide) groups is 1. The van der Waals surface area contributed by atoms with Gasteiger partial charge in [-0.15, -0.1) is 11.8 Å². The normalized spacial score (nSPS) is 17.0. The van der Waals surface area contributed by atoms with Crippen LogP contribution in [0.3, 0.4) is 0 Å². The minimum atomic E-state index is -0.961. The van der Waals surface area contributed by atoms with E-state index in [1.807, 2.05) is 12.1 Å². The number of carboxylic acids is 1. The monoisotopic (exact) mass is 297 g/mol. The Morgan fingerprint density at radius 1 is 1.29 bits per heavy atom. The Balaban J connectivity index is 1.71. The molecule has 1 N–H and O–H groups in total. The van der Waals surface area contributed by atoms with Gasteiger partial charge < -0.3 is 9.52 Å². The molecule has 4 rings (SSSR count). The molecule has 1 aromatic heterocycles. The molecule has 2 heterocycles. The smallest absolute Gasteiger partial charge is 0.335 e. The molecule has 104 valence electrons. The topological polar surface area (TPSA) is 63.3 Å². The summed E-state index contributed by atoms with van der Waals surface area (Å²) in [6.07, 6.45) is 0.888. The number of rotatable bonds is 2. The predicted molar refractivity (Wildman–Crippen MR) is 79.7 cm³/mol. The van der Waals surface area contributed by atoms with E-state index in [2.05, 4.69) is 17.1 Å². The van der Waals surface area contributed by atoms with Crippen molar-refractivity contribution in [2.24, 2.45) is 0 Å². The van der Waals surface area contributed by atoms with Gasteiger partial charge in [0.2, 0.25) is 5.89 Å². The molecule has 3 aromatic rings. The molecule has 4 nitrogen and oxygen atoms in total. The maximum atomic E-state index is 11.0. The summed E-state index contributed by atoms with van der Waals surface area (Å²) in [5.41, 5.74) is 2.75. The molecule has 0 bridgehead atoms. The molecule has 2 aromatic carbocycles. The van der Waals surface area contributed by atoms with E-state index >= 15 is 0 Å². The Kier molecular flexibility index (Phi) is 2.75. The molecule has 0 aliphatic carbocycles. The van der Waals surface area contributed by atoms with Crippen molar-refractivity contribution in [3.63, 3.8) is 0 Å². The van der Waals surface area contributed by atoms with Crippen LogP contribution in [-0.4, -0.2) is 16.1 Å². The third-order valence-electron chi connectivity index (χ3n) is 3.57. The Morgan fingerprint density at radius 2 is 2.14 bits per heavy atom. The van der Waals surface area contributed by atoms with Crippen LogP contribution in [0, 0.1) is 0 Å². The van der Waals surface area contributed by atoms with Crippen molar-refractivity contribution in [3.05, 3.63) is 59.5 Å².